The fraction of sp³-hybridized carbons (Fsp3) is 0.583. The molecule has 1 aromatic rings. The Morgan fingerprint density at radius 1 is 1.44 bits per heavy atom. The van der Waals surface area contributed by atoms with Crippen molar-refractivity contribution in [2.45, 2.75) is 26.4 Å². The molecule has 0 aliphatic carbocycles. The average molecular weight is 253 g/mol. The van der Waals surface area contributed by atoms with Gasteiger partial charge in [-0.3, -0.25) is 0 Å². The normalized spacial score (nSPS) is 11.2. The lowest BCUT2D eigenvalue weighted by Crippen LogP contribution is -2.39. The van der Waals surface area contributed by atoms with Crippen LogP contribution in [0.2, 0.25) is 0 Å². The van der Waals surface area contributed by atoms with E-state index in [1.807, 2.05) is 11.8 Å². The van der Waals surface area contributed by atoms with E-state index in [0.29, 0.717) is 18.9 Å². The molecule has 0 spiro atoms. The van der Waals surface area contributed by atoms with Gasteiger partial charge in [-0.2, -0.15) is 0 Å². The second kappa shape index (κ2) is 5.77. The first-order chi connectivity index (χ1) is 8.37. The van der Waals surface area contributed by atoms with Crippen molar-refractivity contribution in [1.82, 2.24) is 10.2 Å². The molecule has 0 aliphatic rings. The Morgan fingerprint density at radius 3 is 2.50 bits per heavy atom. The second-order valence-corrected chi connectivity index (χ2v) is 4.59. The van der Waals surface area contributed by atoms with Crippen LogP contribution in [-0.2, 0) is 4.74 Å². The van der Waals surface area contributed by atoms with Crippen molar-refractivity contribution < 1.29 is 14.6 Å². The molecule has 0 radical (unpaired) electrons. The molecule has 0 saturated carbocycles. The molecule has 0 unspecified atom stereocenters. The third kappa shape index (κ3) is 3.96. The van der Waals surface area contributed by atoms with Crippen LogP contribution < -0.4 is 4.90 Å². The van der Waals surface area contributed by atoms with Gasteiger partial charge in [-0.25, -0.2) is 4.79 Å². The molecule has 0 aliphatic heterocycles. The molecule has 6 nitrogen and oxygen atoms in total. The highest BCUT2D eigenvalue weighted by atomic mass is 16.5. The highest BCUT2D eigenvalue weighted by Crippen LogP contribution is 2.13. The number of rotatable bonds is 5. The lowest BCUT2D eigenvalue weighted by molar-refractivity contribution is 0.0592. The van der Waals surface area contributed by atoms with E-state index in [4.69, 9.17) is 0 Å². The number of hydrogen-bond donors (Lipinski definition) is 1. The van der Waals surface area contributed by atoms with E-state index in [0.717, 1.165) is 0 Å². The van der Waals surface area contributed by atoms with Gasteiger partial charge in [0.2, 0.25) is 0 Å². The fourth-order valence-electron chi connectivity index (χ4n) is 1.53. The number of carbonyl (C=O) groups is 1. The molecule has 1 N–H and O–H groups in total. The van der Waals surface area contributed by atoms with Gasteiger partial charge in [0.05, 0.1) is 12.7 Å². The van der Waals surface area contributed by atoms with Crippen molar-refractivity contribution in [1.29, 1.82) is 0 Å². The first-order valence-corrected chi connectivity index (χ1v) is 5.76. The van der Waals surface area contributed by atoms with Gasteiger partial charge in [0.15, 0.2) is 11.5 Å². The van der Waals surface area contributed by atoms with Gasteiger partial charge in [0, 0.05) is 13.1 Å². The molecule has 18 heavy (non-hydrogen) atoms. The number of nitrogens with zero attached hydrogens (tertiary/aromatic N) is 3. The predicted molar refractivity (Wildman–Crippen MR) is 67.6 cm³/mol. The third-order valence-electron chi connectivity index (χ3n) is 2.33. The molecule has 0 amide bonds. The number of carbonyl (C=O) groups excluding carboxylic acids is 1. The smallest absolute Gasteiger partial charge is 0.358 e. The van der Waals surface area contributed by atoms with Crippen LogP contribution in [0.25, 0.3) is 0 Å². The quantitative estimate of drug-likeness (QED) is 0.784. The van der Waals surface area contributed by atoms with Crippen LogP contribution in [0.4, 0.5) is 5.82 Å². The zero-order valence-corrected chi connectivity index (χ0v) is 11.2. The van der Waals surface area contributed by atoms with Gasteiger partial charge in [-0.05, 0) is 32.9 Å². The summed E-state index contributed by atoms with van der Waals surface area (Å²) in [6.45, 7) is 6.55. The van der Waals surface area contributed by atoms with E-state index in [1.165, 1.54) is 7.11 Å². The number of aliphatic hydroxyl groups is 1. The van der Waals surface area contributed by atoms with Crippen LogP contribution >= 0.6 is 0 Å². The van der Waals surface area contributed by atoms with Gasteiger partial charge >= 0.3 is 5.97 Å². The molecule has 0 saturated heterocycles. The summed E-state index contributed by atoms with van der Waals surface area (Å²) in [5, 5.41) is 17.6. The van der Waals surface area contributed by atoms with E-state index in [9.17, 15) is 9.90 Å². The highest BCUT2D eigenvalue weighted by molar-refractivity contribution is 5.86. The van der Waals surface area contributed by atoms with E-state index in [1.54, 1.807) is 26.0 Å². The van der Waals surface area contributed by atoms with Gasteiger partial charge < -0.3 is 14.7 Å². The molecular weight excluding hydrogens is 234 g/mol. The number of likely N-dealkylation sites (N-methyl/N-ethyl adjacent to an activating group) is 1. The third-order valence-corrected chi connectivity index (χ3v) is 2.33. The molecular formula is C12H19N3O3. The minimum absolute atomic E-state index is 0.167. The fourth-order valence-corrected chi connectivity index (χ4v) is 1.53. The van der Waals surface area contributed by atoms with Crippen molar-refractivity contribution in [3.63, 3.8) is 0 Å². The molecule has 0 atom stereocenters. The molecule has 100 valence electrons. The van der Waals surface area contributed by atoms with Crippen molar-refractivity contribution in [2.24, 2.45) is 0 Å². The maximum atomic E-state index is 11.2. The molecule has 1 aromatic heterocycles. The number of methoxy groups -OCH3 is 1. The Hall–Kier alpha value is -1.69. The van der Waals surface area contributed by atoms with Crippen molar-refractivity contribution in [2.75, 3.05) is 25.1 Å². The minimum Gasteiger partial charge on any atom is -0.464 e. The van der Waals surface area contributed by atoms with Gasteiger partial charge in [0.1, 0.15) is 0 Å². The highest BCUT2D eigenvalue weighted by Gasteiger charge is 2.19. The summed E-state index contributed by atoms with van der Waals surface area (Å²) >= 11 is 0. The van der Waals surface area contributed by atoms with Crippen molar-refractivity contribution in [3.8, 4) is 0 Å². The molecule has 6 heteroatoms. The minimum atomic E-state index is -0.821. The van der Waals surface area contributed by atoms with Crippen LogP contribution in [0.15, 0.2) is 12.1 Å². The largest absolute Gasteiger partial charge is 0.464 e. The molecule has 1 heterocycles. The summed E-state index contributed by atoms with van der Waals surface area (Å²) in [6.07, 6.45) is 0. The van der Waals surface area contributed by atoms with Crippen LogP contribution in [0, 0.1) is 0 Å². The summed E-state index contributed by atoms with van der Waals surface area (Å²) in [6, 6.07) is 3.25. The number of ether oxygens (including phenoxy) is 1. The number of esters is 1. The molecule has 0 bridgehead atoms. The Kier molecular flexibility index (Phi) is 4.61. The maximum Gasteiger partial charge on any atom is 0.358 e. The molecule has 0 aromatic carbocycles. The van der Waals surface area contributed by atoms with Crippen LogP contribution in [-0.4, -0.2) is 47.1 Å². The lowest BCUT2D eigenvalue weighted by Gasteiger charge is -2.28. The Bertz CT molecular complexity index is 398. The van der Waals surface area contributed by atoms with E-state index >= 15 is 0 Å². The second-order valence-electron chi connectivity index (χ2n) is 4.59. The topological polar surface area (TPSA) is 75.5 Å². The maximum absolute atomic E-state index is 11.2. The Morgan fingerprint density at radius 2 is 2.11 bits per heavy atom. The summed E-state index contributed by atoms with van der Waals surface area (Å²) in [7, 11) is 1.30. The zero-order valence-electron chi connectivity index (χ0n) is 11.2. The van der Waals surface area contributed by atoms with E-state index in [-0.39, 0.29) is 5.69 Å². The number of aromatic nitrogens is 2. The SMILES string of the molecule is CCN(CC(C)(C)O)c1ccc(C(=O)OC)nn1. The standard InChI is InChI=1S/C12H19N3O3/c1-5-15(8-12(2,3)17)10-7-6-9(13-14-10)11(16)18-4/h6-7,17H,5,8H2,1-4H3. The average Bonchev–Trinajstić information content (AvgIpc) is 2.34. The van der Waals surface area contributed by atoms with E-state index in [2.05, 4.69) is 14.9 Å². The number of anilines is 1. The van der Waals surface area contributed by atoms with Crippen molar-refractivity contribution in [3.05, 3.63) is 17.8 Å². The monoisotopic (exact) mass is 253 g/mol. The van der Waals surface area contributed by atoms with Gasteiger partial charge in [-0.15, -0.1) is 10.2 Å². The van der Waals surface area contributed by atoms with Crippen LogP contribution in [0.3, 0.4) is 0 Å². The first kappa shape index (κ1) is 14.4. The Labute approximate surface area is 107 Å². The summed E-state index contributed by atoms with van der Waals surface area (Å²) < 4.78 is 4.55. The summed E-state index contributed by atoms with van der Waals surface area (Å²) in [4.78, 5) is 13.1. The zero-order chi connectivity index (χ0) is 13.8. The predicted octanol–water partition coefficient (Wildman–Crippen LogP) is 0.860. The Balaban J connectivity index is 2.85. The summed E-state index contributed by atoms with van der Waals surface area (Å²) in [5.41, 5.74) is -0.654. The molecule has 0 fully saturated rings. The van der Waals surface area contributed by atoms with Crippen LogP contribution in [0.5, 0.6) is 0 Å². The number of hydrogen-bond acceptors (Lipinski definition) is 6. The summed E-state index contributed by atoms with van der Waals surface area (Å²) in [5.74, 6) is 0.104. The molecule has 1 rings (SSSR count). The van der Waals surface area contributed by atoms with Crippen LogP contribution in [0.1, 0.15) is 31.3 Å². The van der Waals surface area contributed by atoms with Gasteiger partial charge in [0.25, 0.3) is 0 Å². The van der Waals surface area contributed by atoms with Crippen molar-refractivity contribution >= 4 is 11.8 Å². The van der Waals surface area contributed by atoms with E-state index < -0.39 is 11.6 Å². The lowest BCUT2D eigenvalue weighted by atomic mass is 10.1. The van der Waals surface area contributed by atoms with Gasteiger partial charge in [-0.1, -0.05) is 0 Å². The first-order valence-electron chi connectivity index (χ1n) is 5.76.